The van der Waals surface area contributed by atoms with Gasteiger partial charge in [0.15, 0.2) is 5.69 Å². The Labute approximate surface area is 154 Å². The van der Waals surface area contributed by atoms with Gasteiger partial charge in [0.05, 0.1) is 11.0 Å². The summed E-state index contributed by atoms with van der Waals surface area (Å²) in [7, 11) is 1.28. The lowest BCUT2D eigenvalue weighted by atomic mass is 10.2. The maximum atomic E-state index is 12.9. The first-order valence-electron chi connectivity index (χ1n) is 7.43. The van der Waals surface area contributed by atoms with E-state index in [2.05, 4.69) is 31.4 Å². The van der Waals surface area contributed by atoms with Gasteiger partial charge in [-0.1, -0.05) is 12.1 Å². The van der Waals surface area contributed by atoms with Crippen LogP contribution in [0.3, 0.4) is 0 Å². The van der Waals surface area contributed by atoms with Crippen LogP contribution in [-0.2, 0) is 19.8 Å². The molecule has 6 nitrogen and oxygen atoms in total. The molecule has 0 radical (unpaired) electrons. The van der Waals surface area contributed by atoms with Crippen molar-refractivity contribution in [2.45, 2.75) is 12.7 Å². The molecule has 10 heteroatoms. The Kier molecular flexibility index (Phi) is 4.86. The molecule has 0 saturated carbocycles. The molecule has 0 fully saturated rings. The molecule has 0 atom stereocenters. The minimum Gasteiger partial charge on any atom is -0.321 e. The molecule has 0 aliphatic heterocycles. The second-order valence-electron chi connectivity index (χ2n) is 5.49. The van der Waals surface area contributed by atoms with E-state index in [1.807, 2.05) is 6.07 Å². The van der Waals surface area contributed by atoms with Gasteiger partial charge in [-0.15, -0.1) is 0 Å². The fraction of sp³-hybridized carbons (Fsp3) is 0.188. The normalized spacial score (nSPS) is 11.6. The van der Waals surface area contributed by atoms with Crippen molar-refractivity contribution in [1.29, 1.82) is 0 Å². The number of anilines is 1. The molecule has 0 saturated heterocycles. The van der Waals surface area contributed by atoms with Crippen LogP contribution in [0.25, 0.3) is 0 Å². The Morgan fingerprint density at radius 1 is 1.31 bits per heavy atom. The van der Waals surface area contributed by atoms with Crippen molar-refractivity contribution in [1.82, 2.24) is 19.6 Å². The van der Waals surface area contributed by atoms with Gasteiger partial charge in [-0.05, 0) is 39.7 Å². The summed E-state index contributed by atoms with van der Waals surface area (Å²) >= 11 is 2.83. The number of aryl methyl sites for hydroxylation is 1. The average Bonchev–Trinajstić information content (AvgIpc) is 3.15. The van der Waals surface area contributed by atoms with Crippen LogP contribution in [0.5, 0.6) is 0 Å². The third-order valence-electron chi connectivity index (χ3n) is 3.56. The largest absolute Gasteiger partial charge is 0.436 e. The third-order valence-corrected chi connectivity index (χ3v) is 4.31. The molecule has 1 aromatic carbocycles. The van der Waals surface area contributed by atoms with Crippen LogP contribution in [-0.4, -0.2) is 25.5 Å². The number of nitrogens with one attached hydrogen (secondary N) is 1. The van der Waals surface area contributed by atoms with Gasteiger partial charge in [0.2, 0.25) is 0 Å². The number of carbonyl (C=O) groups excluding carboxylic acids is 1. The van der Waals surface area contributed by atoms with E-state index in [1.54, 1.807) is 41.3 Å². The highest BCUT2D eigenvalue weighted by Crippen LogP contribution is 2.35. The molecular weight excluding hydrogens is 415 g/mol. The molecule has 3 aromatic rings. The molecule has 1 N–H and O–H groups in total. The second kappa shape index (κ2) is 6.94. The summed E-state index contributed by atoms with van der Waals surface area (Å²) in [6.07, 6.45) is -1.20. The number of alkyl halides is 3. The third kappa shape index (κ3) is 3.79. The minimum absolute atomic E-state index is 0.213. The molecule has 2 heterocycles. The Hall–Kier alpha value is -2.62. The smallest absolute Gasteiger partial charge is 0.321 e. The van der Waals surface area contributed by atoms with Gasteiger partial charge in [-0.25, -0.2) is 0 Å². The first-order chi connectivity index (χ1) is 12.3. The van der Waals surface area contributed by atoms with Crippen LogP contribution >= 0.6 is 15.9 Å². The molecular formula is C16H13BrF3N5O. The first-order valence-corrected chi connectivity index (χ1v) is 8.22. The lowest BCUT2D eigenvalue weighted by molar-refractivity contribution is -0.142. The average molecular weight is 428 g/mol. The highest BCUT2D eigenvalue weighted by molar-refractivity contribution is 9.10. The highest BCUT2D eigenvalue weighted by Gasteiger charge is 2.39. The number of rotatable bonds is 4. The summed E-state index contributed by atoms with van der Waals surface area (Å²) in [6, 6.07) is 8.78. The topological polar surface area (TPSA) is 64.7 Å². The van der Waals surface area contributed by atoms with Crippen LogP contribution in [0, 0.1) is 0 Å². The molecule has 3 rings (SSSR count). The van der Waals surface area contributed by atoms with E-state index in [-0.39, 0.29) is 5.69 Å². The zero-order valence-electron chi connectivity index (χ0n) is 13.5. The molecule has 0 aliphatic carbocycles. The molecule has 0 spiro atoms. The Balaban J connectivity index is 1.82. The fourth-order valence-corrected chi connectivity index (χ4v) is 3.19. The monoisotopic (exact) mass is 427 g/mol. The maximum Gasteiger partial charge on any atom is 0.436 e. The van der Waals surface area contributed by atoms with Gasteiger partial charge in [0.1, 0.15) is 5.69 Å². The highest BCUT2D eigenvalue weighted by atomic mass is 79.9. The van der Waals surface area contributed by atoms with Crippen LogP contribution < -0.4 is 5.32 Å². The molecule has 136 valence electrons. The van der Waals surface area contributed by atoms with Crippen molar-refractivity contribution in [3.8, 4) is 0 Å². The van der Waals surface area contributed by atoms with Crippen molar-refractivity contribution in [2.75, 3.05) is 5.32 Å². The van der Waals surface area contributed by atoms with E-state index >= 15 is 0 Å². The van der Waals surface area contributed by atoms with Crippen LogP contribution in [0.15, 0.2) is 47.2 Å². The second-order valence-corrected chi connectivity index (χ2v) is 6.28. The number of amides is 1. The number of carbonyl (C=O) groups is 1. The quantitative estimate of drug-likeness (QED) is 0.690. The Morgan fingerprint density at radius 2 is 2.08 bits per heavy atom. The summed E-state index contributed by atoms with van der Waals surface area (Å²) in [5.41, 5.74) is -0.0137. The van der Waals surface area contributed by atoms with E-state index in [4.69, 9.17) is 0 Å². The number of hydrogen-bond donors (Lipinski definition) is 1. The molecule has 1 amide bonds. The summed E-state index contributed by atoms with van der Waals surface area (Å²) in [5, 5.41) is 10.1. The number of hydrogen-bond acceptors (Lipinski definition) is 3. The van der Waals surface area contributed by atoms with E-state index in [0.29, 0.717) is 12.2 Å². The van der Waals surface area contributed by atoms with Crippen molar-refractivity contribution < 1.29 is 18.0 Å². The van der Waals surface area contributed by atoms with E-state index in [9.17, 15) is 18.0 Å². The van der Waals surface area contributed by atoms with E-state index < -0.39 is 22.3 Å². The van der Waals surface area contributed by atoms with E-state index in [1.165, 1.54) is 7.05 Å². The van der Waals surface area contributed by atoms with E-state index in [0.717, 1.165) is 10.2 Å². The van der Waals surface area contributed by atoms with Crippen molar-refractivity contribution in [2.24, 2.45) is 7.05 Å². The van der Waals surface area contributed by atoms with Crippen LogP contribution in [0.2, 0.25) is 0 Å². The zero-order chi connectivity index (χ0) is 18.9. The molecule has 0 unspecified atom stereocenters. The number of benzene rings is 1. The Morgan fingerprint density at radius 3 is 2.69 bits per heavy atom. The summed E-state index contributed by atoms with van der Waals surface area (Å²) < 4.78 is 41.0. The van der Waals surface area contributed by atoms with Gasteiger partial charge in [0.25, 0.3) is 5.91 Å². The predicted molar refractivity (Wildman–Crippen MR) is 91.6 cm³/mol. The maximum absolute atomic E-state index is 12.9. The number of nitrogens with zero attached hydrogens (tertiary/aromatic N) is 4. The van der Waals surface area contributed by atoms with Crippen LogP contribution in [0.4, 0.5) is 18.9 Å². The lowest BCUT2D eigenvalue weighted by Gasteiger charge is -2.08. The summed E-state index contributed by atoms with van der Waals surface area (Å²) in [6.45, 7) is 0.504. The van der Waals surface area contributed by atoms with Crippen LogP contribution in [0.1, 0.15) is 21.7 Å². The molecule has 0 bridgehead atoms. The standard InChI is InChI=1S/C16H13BrF3N5O/c1-24-13(12(17)14(23-24)16(18,19)20)15(26)22-11-5-2-4-10(8-11)9-25-7-3-6-21-25/h2-8H,9H2,1H3,(H,22,26). The number of aromatic nitrogens is 4. The molecule has 0 aliphatic rings. The van der Waals surface area contributed by atoms with Crippen molar-refractivity contribution in [3.63, 3.8) is 0 Å². The summed E-state index contributed by atoms with van der Waals surface area (Å²) in [5.74, 6) is -0.696. The van der Waals surface area contributed by atoms with Crippen molar-refractivity contribution >= 4 is 27.5 Å². The number of halogens is 4. The van der Waals surface area contributed by atoms with Gasteiger partial charge < -0.3 is 5.32 Å². The molecule has 2 aromatic heterocycles. The Bertz CT molecular complexity index is 934. The first kappa shape index (κ1) is 18.2. The SMILES string of the molecule is Cn1nc(C(F)(F)F)c(Br)c1C(=O)Nc1cccc(Cn2cccn2)c1. The van der Waals surface area contributed by atoms with Gasteiger partial charge >= 0.3 is 6.18 Å². The fourth-order valence-electron chi connectivity index (χ4n) is 2.44. The molecule has 26 heavy (non-hydrogen) atoms. The summed E-state index contributed by atoms with van der Waals surface area (Å²) in [4.78, 5) is 12.4. The zero-order valence-corrected chi connectivity index (χ0v) is 15.0. The van der Waals surface area contributed by atoms with Gasteiger partial charge in [-0.3, -0.25) is 14.2 Å². The predicted octanol–water partition coefficient (Wildman–Crippen LogP) is 3.70. The van der Waals surface area contributed by atoms with Gasteiger partial charge in [0, 0.05) is 25.1 Å². The van der Waals surface area contributed by atoms with Gasteiger partial charge in [-0.2, -0.15) is 23.4 Å². The minimum atomic E-state index is -4.65. The van der Waals surface area contributed by atoms with Crippen molar-refractivity contribution in [3.05, 3.63) is 64.1 Å². The lowest BCUT2D eigenvalue weighted by Crippen LogP contribution is -2.16.